The second-order valence-electron chi connectivity index (χ2n) is 4.19. The predicted octanol–water partition coefficient (Wildman–Crippen LogP) is 1.32. The van der Waals surface area contributed by atoms with Crippen LogP contribution in [0, 0.1) is 5.82 Å². The molecule has 2 rings (SSSR count). The number of aromatic nitrogens is 1. The number of nitrogens with two attached hydrogens (primary N) is 1. The first-order chi connectivity index (χ1) is 9.49. The molecule has 5 nitrogen and oxygen atoms in total. The Kier molecular flexibility index (Phi) is 4.31. The van der Waals surface area contributed by atoms with Gasteiger partial charge in [0.2, 0.25) is 10.0 Å². The highest BCUT2D eigenvalue weighted by Crippen LogP contribution is 2.17. The van der Waals surface area contributed by atoms with Gasteiger partial charge >= 0.3 is 0 Å². The van der Waals surface area contributed by atoms with Crippen LogP contribution in [0.15, 0.2) is 47.6 Å². The largest absolute Gasteiger partial charge is 0.399 e. The van der Waals surface area contributed by atoms with Crippen molar-refractivity contribution >= 4 is 15.7 Å². The maximum absolute atomic E-state index is 13.5. The molecule has 1 heterocycles. The number of rotatable bonds is 5. The third kappa shape index (κ3) is 3.52. The van der Waals surface area contributed by atoms with Gasteiger partial charge in [0.15, 0.2) is 0 Å². The van der Waals surface area contributed by atoms with Gasteiger partial charge in [-0.1, -0.05) is 0 Å². The average Bonchev–Trinajstić information content (AvgIpc) is 2.42. The Bertz CT molecular complexity index is 690. The summed E-state index contributed by atoms with van der Waals surface area (Å²) in [5, 5.41) is 0. The maximum atomic E-state index is 13.5. The Hall–Kier alpha value is -1.99. The summed E-state index contributed by atoms with van der Waals surface area (Å²) in [6, 6.07) is 7.02. The summed E-state index contributed by atoms with van der Waals surface area (Å²) in [7, 11) is -3.90. The summed E-state index contributed by atoms with van der Waals surface area (Å²) in [5.74, 6) is -0.824. The number of benzene rings is 1. The van der Waals surface area contributed by atoms with Crippen molar-refractivity contribution in [3.8, 4) is 0 Å². The lowest BCUT2D eigenvalue weighted by molar-refractivity contribution is 0.557. The monoisotopic (exact) mass is 295 g/mol. The summed E-state index contributed by atoms with van der Waals surface area (Å²) in [6.45, 7) is 0.167. The second kappa shape index (κ2) is 5.98. The molecule has 1 aromatic heterocycles. The van der Waals surface area contributed by atoms with E-state index >= 15 is 0 Å². The summed E-state index contributed by atoms with van der Waals surface area (Å²) in [6.07, 6.45) is 3.74. The minimum absolute atomic E-state index is 0.167. The van der Waals surface area contributed by atoms with Crippen LogP contribution < -0.4 is 10.5 Å². The second-order valence-corrected chi connectivity index (χ2v) is 5.93. The van der Waals surface area contributed by atoms with Crippen molar-refractivity contribution < 1.29 is 12.8 Å². The maximum Gasteiger partial charge on any atom is 0.243 e. The lowest BCUT2D eigenvalue weighted by Crippen LogP contribution is -2.27. The van der Waals surface area contributed by atoms with E-state index in [4.69, 9.17) is 5.73 Å². The molecule has 0 fully saturated rings. The van der Waals surface area contributed by atoms with Crippen molar-refractivity contribution in [2.75, 3.05) is 12.3 Å². The van der Waals surface area contributed by atoms with Crippen LogP contribution in [0.1, 0.15) is 5.56 Å². The van der Waals surface area contributed by atoms with Gasteiger partial charge in [0.25, 0.3) is 0 Å². The minimum atomic E-state index is -3.90. The fraction of sp³-hybridized carbons (Fsp3) is 0.154. The molecule has 3 N–H and O–H groups in total. The molecule has 2 aromatic rings. The van der Waals surface area contributed by atoms with Crippen molar-refractivity contribution in [2.24, 2.45) is 0 Å². The molecule has 1 aromatic carbocycles. The number of hydrogen-bond donors (Lipinski definition) is 2. The number of hydrogen-bond acceptors (Lipinski definition) is 4. The normalized spacial score (nSPS) is 11.4. The Morgan fingerprint density at radius 2 is 1.90 bits per heavy atom. The highest BCUT2D eigenvalue weighted by molar-refractivity contribution is 7.89. The molecule has 0 saturated heterocycles. The Morgan fingerprint density at radius 3 is 2.60 bits per heavy atom. The van der Waals surface area contributed by atoms with Crippen LogP contribution in [0.4, 0.5) is 10.1 Å². The molecule has 0 atom stereocenters. The third-order valence-electron chi connectivity index (χ3n) is 2.70. The average molecular weight is 295 g/mol. The number of pyridine rings is 1. The van der Waals surface area contributed by atoms with Gasteiger partial charge in [0, 0.05) is 24.6 Å². The number of nitrogens with zero attached hydrogens (tertiary/aromatic N) is 1. The van der Waals surface area contributed by atoms with Crippen LogP contribution in [-0.2, 0) is 16.4 Å². The minimum Gasteiger partial charge on any atom is -0.399 e. The molecule has 0 saturated carbocycles. The first-order valence-electron chi connectivity index (χ1n) is 5.92. The summed E-state index contributed by atoms with van der Waals surface area (Å²) in [5.41, 5.74) is 6.61. The molecule has 0 aliphatic rings. The number of nitrogen functional groups attached to an aromatic ring is 1. The molecule has 0 spiro atoms. The van der Waals surface area contributed by atoms with Crippen molar-refractivity contribution in [3.63, 3.8) is 0 Å². The quantitative estimate of drug-likeness (QED) is 0.815. The molecule has 106 valence electrons. The zero-order valence-corrected chi connectivity index (χ0v) is 11.4. The Morgan fingerprint density at radius 1 is 1.20 bits per heavy atom. The number of halogens is 1. The number of sulfonamides is 1. The van der Waals surface area contributed by atoms with Crippen LogP contribution in [0.5, 0.6) is 0 Å². The van der Waals surface area contributed by atoms with E-state index in [9.17, 15) is 12.8 Å². The van der Waals surface area contributed by atoms with E-state index in [1.807, 2.05) is 0 Å². The Balaban J connectivity index is 2.06. The van der Waals surface area contributed by atoms with Crippen molar-refractivity contribution in [3.05, 3.63) is 54.1 Å². The molecule has 0 unspecified atom stereocenters. The first-order valence-corrected chi connectivity index (χ1v) is 7.41. The molecule has 0 bridgehead atoms. The van der Waals surface area contributed by atoms with Gasteiger partial charge in [0.05, 0.1) is 0 Å². The van der Waals surface area contributed by atoms with Gasteiger partial charge in [-0.3, -0.25) is 4.98 Å². The van der Waals surface area contributed by atoms with E-state index in [-0.39, 0.29) is 12.2 Å². The molecule has 0 radical (unpaired) electrons. The smallest absolute Gasteiger partial charge is 0.243 e. The van der Waals surface area contributed by atoms with E-state index in [0.29, 0.717) is 6.42 Å². The highest BCUT2D eigenvalue weighted by atomic mass is 32.2. The lowest BCUT2D eigenvalue weighted by Gasteiger charge is -2.08. The SMILES string of the molecule is Nc1ccc(F)c(S(=O)(=O)NCCc2ccncc2)c1. The number of nitrogens with one attached hydrogen (secondary N) is 1. The van der Waals surface area contributed by atoms with Crippen LogP contribution in [0.3, 0.4) is 0 Å². The molecule has 20 heavy (non-hydrogen) atoms. The van der Waals surface area contributed by atoms with E-state index in [1.165, 1.54) is 6.07 Å². The lowest BCUT2D eigenvalue weighted by atomic mass is 10.2. The predicted molar refractivity (Wildman–Crippen MR) is 73.9 cm³/mol. The van der Waals surface area contributed by atoms with Crippen LogP contribution in [-0.4, -0.2) is 19.9 Å². The van der Waals surface area contributed by atoms with Gasteiger partial charge in [-0.2, -0.15) is 0 Å². The van der Waals surface area contributed by atoms with Crippen molar-refractivity contribution in [1.82, 2.24) is 9.71 Å². The molecule has 0 aliphatic carbocycles. The molecular formula is C13H14FN3O2S. The van der Waals surface area contributed by atoms with Gasteiger partial charge in [-0.05, 0) is 42.3 Å². The first kappa shape index (κ1) is 14.4. The summed E-state index contributed by atoms with van der Waals surface area (Å²) < 4.78 is 39.8. The summed E-state index contributed by atoms with van der Waals surface area (Å²) in [4.78, 5) is 3.43. The molecule has 7 heteroatoms. The van der Waals surface area contributed by atoms with Gasteiger partial charge in [0.1, 0.15) is 10.7 Å². The topological polar surface area (TPSA) is 85.1 Å². The van der Waals surface area contributed by atoms with Crippen LogP contribution >= 0.6 is 0 Å². The summed E-state index contributed by atoms with van der Waals surface area (Å²) >= 11 is 0. The third-order valence-corrected chi connectivity index (χ3v) is 4.18. The van der Waals surface area contributed by atoms with E-state index in [1.54, 1.807) is 24.5 Å². The fourth-order valence-corrected chi connectivity index (χ4v) is 2.83. The highest BCUT2D eigenvalue weighted by Gasteiger charge is 2.18. The van der Waals surface area contributed by atoms with E-state index in [2.05, 4.69) is 9.71 Å². The van der Waals surface area contributed by atoms with Crippen molar-refractivity contribution in [2.45, 2.75) is 11.3 Å². The molecular weight excluding hydrogens is 281 g/mol. The Labute approximate surface area is 116 Å². The van der Waals surface area contributed by atoms with Crippen molar-refractivity contribution in [1.29, 1.82) is 0 Å². The fourth-order valence-electron chi connectivity index (χ4n) is 1.68. The standard InChI is InChI=1S/C13H14FN3O2S/c14-12-2-1-11(15)9-13(12)20(18,19)17-8-5-10-3-6-16-7-4-10/h1-4,6-7,9,17H,5,8,15H2. The van der Waals surface area contributed by atoms with Gasteiger partial charge < -0.3 is 5.73 Å². The van der Waals surface area contributed by atoms with E-state index < -0.39 is 20.7 Å². The molecule has 0 aliphatic heterocycles. The van der Waals surface area contributed by atoms with Crippen LogP contribution in [0.2, 0.25) is 0 Å². The van der Waals surface area contributed by atoms with Crippen LogP contribution in [0.25, 0.3) is 0 Å². The van der Waals surface area contributed by atoms with Gasteiger partial charge in [-0.25, -0.2) is 17.5 Å². The molecule has 0 amide bonds. The zero-order chi connectivity index (χ0) is 14.6. The van der Waals surface area contributed by atoms with E-state index in [0.717, 1.165) is 17.7 Å². The van der Waals surface area contributed by atoms with Gasteiger partial charge in [-0.15, -0.1) is 0 Å². The zero-order valence-electron chi connectivity index (χ0n) is 10.6. The number of anilines is 1.